The second-order valence-corrected chi connectivity index (χ2v) is 7.44. The Morgan fingerprint density at radius 1 is 0.966 bits per heavy atom. The van der Waals surface area contributed by atoms with E-state index in [1.165, 1.54) is 4.90 Å². The van der Waals surface area contributed by atoms with E-state index in [0.29, 0.717) is 31.6 Å². The molecule has 0 bridgehead atoms. The normalized spacial score (nSPS) is 17.8. The van der Waals surface area contributed by atoms with Crippen LogP contribution in [0.1, 0.15) is 18.4 Å². The van der Waals surface area contributed by atoms with Crippen LogP contribution in [0.25, 0.3) is 0 Å². The first kappa shape index (κ1) is 19.0. The fraction of sp³-hybridized carbons (Fsp3) is 0.318. The Morgan fingerprint density at radius 2 is 1.62 bits per heavy atom. The number of nitrogens with one attached hydrogen (secondary N) is 1. The summed E-state index contributed by atoms with van der Waals surface area (Å²) in [6, 6.07) is 16.2. The molecular weight excluding hydrogens is 368 g/mol. The van der Waals surface area contributed by atoms with Crippen molar-refractivity contribution < 1.29 is 14.4 Å². The average Bonchev–Trinajstić information content (AvgIpc) is 3.04. The number of nitrogens with zero attached hydrogens (tertiary/aromatic N) is 3. The van der Waals surface area contributed by atoms with E-state index in [0.717, 1.165) is 11.3 Å². The number of carbonyl (C=O) groups is 3. The van der Waals surface area contributed by atoms with Gasteiger partial charge in [-0.2, -0.15) is 0 Å². The highest BCUT2D eigenvalue weighted by atomic mass is 16.2. The van der Waals surface area contributed by atoms with Gasteiger partial charge >= 0.3 is 12.1 Å². The molecule has 150 valence electrons. The number of amides is 5. The molecule has 2 saturated heterocycles. The number of aryl methyl sites for hydroxylation is 1. The van der Waals surface area contributed by atoms with Gasteiger partial charge in [0.1, 0.15) is 6.54 Å². The Bertz CT molecular complexity index is 923. The summed E-state index contributed by atoms with van der Waals surface area (Å²) in [5, 5.41) is 2.95. The van der Waals surface area contributed by atoms with Crippen LogP contribution >= 0.6 is 0 Å². The van der Waals surface area contributed by atoms with Crippen LogP contribution < -0.4 is 10.2 Å². The molecule has 7 heteroatoms. The van der Waals surface area contributed by atoms with Gasteiger partial charge in [0.05, 0.1) is 5.69 Å². The second-order valence-electron chi connectivity index (χ2n) is 7.44. The second kappa shape index (κ2) is 7.95. The zero-order chi connectivity index (χ0) is 20.4. The molecule has 29 heavy (non-hydrogen) atoms. The Kier molecular flexibility index (Phi) is 5.20. The molecule has 4 rings (SSSR count). The van der Waals surface area contributed by atoms with Gasteiger partial charge < -0.3 is 15.1 Å². The van der Waals surface area contributed by atoms with Gasteiger partial charge in [0.25, 0.3) is 5.91 Å². The van der Waals surface area contributed by atoms with Crippen molar-refractivity contribution in [2.45, 2.75) is 25.8 Å². The summed E-state index contributed by atoms with van der Waals surface area (Å²) in [4.78, 5) is 42.5. The molecule has 0 atom stereocenters. The molecule has 0 saturated carbocycles. The highest BCUT2D eigenvalue weighted by Crippen LogP contribution is 2.26. The van der Waals surface area contributed by atoms with Crippen molar-refractivity contribution in [1.82, 2.24) is 9.80 Å². The maximum absolute atomic E-state index is 12.8. The highest BCUT2D eigenvalue weighted by Gasteiger charge is 2.41. The number of benzene rings is 2. The third-order valence-electron chi connectivity index (χ3n) is 5.59. The van der Waals surface area contributed by atoms with Crippen LogP contribution in [0.5, 0.6) is 0 Å². The van der Waals surface area contributed by atoms with Crippen LogP contribution in [-0.4, -0.2) is 53.4 Å². The lowest BCUT2D eigenvalue weighted by Gasteiger charge is -2.36. The van der Waals surface area contributed by atoms with Crippen LogP contribution in [0.3, 0.4) is 0 Å². The molecule has 1 N–H and O–H groups in total. The molecule has 0 spiro atoms. The van der Waals surface area contributed by atoms with E-state index < -0.39 is 0 Å². The van der Waals surface area contributed by atoms with Gasteiger partial charge in [0, 0.05) is 24.8 Å². The number of hydrogen-bond acceptors (Lipinski definition) is 3. The number of anilines is 2. The molecule has 2 aliphatic rings. The molecule has 2 aromatic carbocycles. The van der Waals surface area contributed by atoms with E-state index in [4.69, 9.17) is 0 Å². The fourth-order valence-electron chi connectivity index (χ4n) is 3.92. The van der Waals surface area contributed by atoms with Gasteiger partial charge in [0.2, 0.25) is 0 Å². The van der Waals surface area contributed by atoms with Crippen molar-refractivity contribution in [3.63, 3.8) is 0 Å². The first-order valence-corrected chi connectivity index (χ1v) is 9.85. The fourth-order valence-corrected chi connectivity index (χ4v) is 3.92. The number of piperidine rings is 1. The van der Waals surface area contributed by atoms with E-state index in [1.807, 2.05) is 49.4 Å². The number of para-hydroxylation sites is 2. The molecule has 0 aliphatic carbocycles. The van der Waals surface area contributed by atoms with E-state index in [1.54, 1.807) is 21.9 Å². The number of urea groups is 2. The summed E-state index contributed by atoms with van der Waals surface area (Å²) in [7, 11) is 0. The van der Waals surface area contributed by atoms with Gasteiger partial charge in [-0.3, -0.25) is 4.79 Å². The minimum Gasteiger partial charge on any atom is -0.324 e. The zero-order valence-electron chi connectivity index (χ0n) is 16.4. The standard InChI is InChI=1S/C22H24N4O3/c1-16-7-5-6-10-19(16)23-21(28)24-13-11-17(12-14-24)25-15-20(27)26(22(25)29)18-8-3-2-4-9-18/h2-10,17H,11-15H2,1H3,(H,23,28). The SMILES string of the molecule is Cc1ccccc1NC(=O)N1CCC(N2CC(=O)N(c3ccccc3)C2=O)CC1. The van der Waals surface area contributed by atoms with Crippen LogP contribution in [0.4, 0.5) is 21.0 Å². The Balaban J connectivity index is 1.36. The summed E-state index contributed by atoms with van der Waals surface area (Å²) < 4.78 is 0. The van der Waals surface area contributed by atoms with Crippen molar-refractivity contribution in [2.24, 2.45) is 0 Å². The summed E-state index contributed by atoms with van der Waals surface area (Å²) in [6.07, 6.45) is 1.31. The third-order valence-corrected chi connectivity index (χ3v) is 5.59. The molecule has 2 fully saturated rings. The predicted molar refractivity (Wildman–Crippen MR) is 111 cm³/mol. The Morgan fingerprint density at radius 3 is 2.31 bits per heavy atom. The molecule has 2 aliphatic heterocycles. The maximum Gasteiger partial charge on any atom is 0.332 e. The molecule has 0 aromatic heterocycles. The summed E-state index contributed by atoms with van der Waals surface area (Å²) in [5.41, 5.74) is 2.41. The largest absolute Gasteiger partial charge is 0.332 e. The van der Waals surface area contributed by atoms with Gasteiger partial charge in [-0.1, -0.05) is 36.4 Å². The van der Waals surface area contributed by atoms with Crippen molar-refractivity contribution in [1.29, 1.82) is 0 Å². The molecule has 0 unspecified atom stereocenters. The highest BCUT2D eigenvalue weighted by molar-refractivity contribution is 6.19. The van der Waals surface area contributed by atoms with Gasteiger partial charge in [-0.05, 0) is 43.5 Å². The lowest BCUT2D eigenvalue weighted by molar-refractivity contribution is -0.116. The van der Waals surface area contributed by atoms with E-state index in [9.17, 15) is 14.4 Å². The van der Waals surface area contributed by atoms with Crippen molar-refractivity contribution >= 4 is 29.3 Å². The van der Waals surface area contributed by atoms with Crippen LogP contribution in [0.2, 0.25) is 0 Å². The molecule has 2 aromatic rings. The molecule has 0 radical (unpaired) electrons. The predicted octanol–water partition coefficient (Wildman–Crippen LogP) is 3.46. The number of carbonyl (C=O) groups excluding carboxylic acids is 3. The average molecular weight is 392 g/mol. The Labute approximate surface area is 169 Å². The number of likely N-dealkylation sites (tertiary alicyclic amines) is 1. The molecular formula is C22H24N4O3. The lowest BCUT2D eigenvalue weighted by Crippen LogP contribution is -2.49. The van der Waals surface area contributed by atoms with Gasteiger partial charge in [0.15, 0.2) is 0 Å². The first-order chi connectivity index (χ1) is 14.0. The summed E-state index contributed by atoms with van der Waals surface area (Å²) >= 11 is 0. The van der Waals surface area contributed by atoms with Crippen LogP contribution in [0, 0.1) is 6.92 Å². The van der Waals surface area contributed by atoms with E-state index in [-0.39, 0.29) is 30.6 Å². The number of hydrogen-bond donors (Lipinski definition) is 1. The van der Waals surface area contributed by atoms with E-state index in [2.05, 4.69) is 5.32 Å². The first-order valence-electron chi connectivity index (χ1n) is 9.85. The summed E-state index contributed by atoms with van der Waals surface area (Å²) in [5.74, 6) is -0.207. The molecule has 2 heterocycles. The van der Waals surface area contributed by atoms with Gasteiger partial charge in [-0.15, -0.1) is 0 Å². The van der Waals surface area contributed by atoms with Crippen molar-refractivity contribution in [3.8, 4) is 0 Å². The number of rotatable bonds is 3. The van der Waals surface area contributed by atoms with Crippen molar-refractivity contribution in [2.75, 3.05) is 29.9 Å². The molecule has 7 nitrogen and oxygen atoms in total. The third kappa shape index (κ3) is 3.81. The van der Waals surface area contributed by atoms with Crippen LogP contribution in [-0.2, 0) is 4.79 Å². The molecule has 5 amide bonds. The lowest BCUT2D eigenvalue weighted by atomic mass is 10.0. The number of imide groups is 1. The van der Waals surface area contributed by atoms with Crippen LogP contribution in [0.15, 0.2) is 54.6 Å². The van der Waals surface area contributed by atoms with Gasteiger partial charge in [-0.25, -0.2) is 14.5 Å². The monoisotopic (exact) mass is 392 g/mol. The minimum absolute atomic E-state index is 0.0392. The Hall–Kier alpha value is -3.35. The minimum atomic E-state index is -0.274. The quantitative estimate of drug-likeness (QED) is 0.813. The smallest absolute Gasteiger partial charge is 0.324 e. The topological polar surface area (TPSA) is 73.0 Å². The zero-order valence-corrected chi connectivity index (χ0v) is 16.4. The summed E-state index contributed by atoms with van der Waals surface area (Å²) in [6.45, 7) is 3.14. The van der Waals surface area contributed by atoms with Crippen molar-refractivity contribution in [3.05, 3.63) is 60.2 Å². The van der Waals surface area contributed by atoms with E-state index >= 15 is 0 Å². The maximum atomic E-state index is 12.8.